The molecule has 2 saturated heterocycles. The zero-order chi connectivity index (χ0) is 11.4. The topological polar surface area (TPSA) is 3.24 Å². The molecule has 0 spiro atoms. The van der Waals surface area contributed by atoms with Crippen LogP contribution in [0, 0.1) is 5.92 Å². The maximum Gasteiger partial charge on any atom is 0.0124 e. The molecule has 0 unspecified atom stereocenters. The van der Waals surface area contributed by atoms with Gasteiger partial charge in [-0.25, -0.2) is 0 Å². The Labute approximate surface area is 114 Å². The van der Waals surface area contributed by atoms with Gasteiger partial charge < -0.3 is 0 Å². The molecule has 0 saturated carbocycles. The average molecular weight is 333 g/mol. The van der Waals surface area contributed by atoms with Gasteiger partial charge in [0, 0.05) is 12.1 Å². The molecule has 2 aliphatic heterocycles. The van der Waals surface area contributed by atoms with Crippen molar-refractivity contribution in [3.05, 3.63) is 10.2 Å². The number of allylic oxidation sites excluding steroid dienone is 1. The Morgan fingerprint density at radius 2 is 2.19 bits per heavy atom. The SMILES string of the molecule is C[C@@H]1CC[C@@H](CCC/C=C\I)N2CCC[C@@H]12. The van der Waals surface area contributed by atoms with Gasteiger partial charge in [0.05, 0.1) is 0 Å². The van der Waals surface area contributed by atoms with Crippen LogP contribution in [-0.2, 0) is 0 Å². The normalized spacial score (nSPS) is 35.8. The summed E-state index contributed by atoms with van der Waals surface area (Å²) in [6.45, 7) is 3.83. The Kier molecular flexibility index (Phi) is 5.14. The highest BCUT2D eigenvalue weighted by atomic mass is 127. The molecule has 0 aromatic carbocycles. The average Bonchev–Trinajstić information content (AvgIpc) is 2.77. The van der Waals surface area contributed by atoms with Crippen LogP contribution in [0.2, 0.25) is 0 Å². The van der Waals surface area contributed by atoms with E-state index in [1.54, 1.807) is 0 Å². The van der Waals surface area contributed by atoms with Crippen molar-refractivity contribution in [2.24, 2.45) is 5.92 Å². The van der Waals surface area contributed by atoms with Gasteiger partial charge in [0.15, 0.2) is 0 Å². The molecule has 0 N–H and O–H groups in total. The molecule has 2 heteroatoms. The third-order valence-corrected chi connectivity index (χ3v) is 4.93. The summed E-state index contributed by atoms with van der Waals surface area (Å²) < 4.78 is 2.15. The van der Waals surface area contributed by atoms with Gasteiger partial charge in [-0.05, 0) is 61.5 Å². The van der Waals surface area contributed by atoms with Crippen molar-refractivity contribution < 1.29 is 0 Å². The van der Waals surface area contributed by atoms with Crippen LogP contribution in [0.1, 0.15) is 51.9 Å². The molecule has 2 aliphatic rings. The summed E-state index contributed by atoms with van der Waals surface area (Å²) >= 11 is 2.32. The number of hydrogen-bond donors (Lipinski definition) is 0. The zero-order valence-corrected chi connectivity index (χ0v) is 12.5. The van der Waals surface area contributed by atoms with Crippen LogP contribution in [0.25, 0.3) is 0 Å². The van der Waals surface area contributed by atoms with Crippen molar-refractivity contribution in [3.8, 4) is 0 Å². The highest BCUT2D eigenvalue weighted by Gasteiger charge is 2.37. The minimum atomic E-state index is 0.909. The summed E-state index contributed by atoms with van der Waals surface area (Å²) in [5.74, 6) is 0.952. The van der Waals surface area contributed by atoms with Crippen molar-refractivity contribution in [3.63, 3.8) is 0 Å². The zero-order valence-electron chi connectivity index (χ0n) is 10.4. The summed E-state index contributed by atoms with van der Waals surface area (Å²) in [4.78, 5) is 2.84. The Morgan fingerprint density at radius 1 is 1.31 bits per heavy atom. The van der Waals surface area contributed by atoms with Crippen LogP contribution >= 0.6 is 22.6 Å². The van der Waals surface area contributed by atoms with E-state index in [4.69, 9.17) is 0 Å². The van der Waals surface area contributed by atoms with Gasteiger partial charge >= 0.3 is 0 Å². The largest absolute Gasteiger partial charge is 0.297 e. The van der Waals surface area contributed by atoms with E-state index in [9.17, 15) is 0 Å². The molecule has 3 atom stereocenters. The van der Waals surface area contributed by atoms with Gasteiger partial charge in [-0.15, -0.1) is 0 Å². The number of fused-ring (bicyclic) bond motifs is 1. The molecule has 0 amide bonds. The van der Waals surface area contributed by atoms with E-state index >= 15 is 0 Å². The van der Waals surface area contributed by atoms with Crippen molar-refractivity contribution >= 4 is 22.6 Å². The predicted octanol–water partition coefficient (Wildman–Crippen LogP) is 4.37. The Hall–Kier alpha value is 0.430. The third kappa shape index (κ3) is 3.00. The molecule has 0 aromatic rings. The molecule has 0 aliphatic carbocycles. The maximum absolute atomic E-state index is 2.84. The lowest BCUT2D eigenvalue weighted by molar-refractivity contribution is 0.0756. The van der Waals surface area contributed by atoms with E-state index in [1.165, 1.54) is 51.5 Å². The smallest absolute Gasteiger partial charge is 0.0124 e. The first-order valence-electron chi connectivity index (χ1n) is 6.84. The van der Waals surface area contributed by atoms with Crippen LogP contribution in [-0.4, -0.2) is 23.5 Å². The van der Waals surface area contributed by atoms with Crippen LogP contribution in [0.3, 0.4) is 0 Å². The minimum Gasteiger partial charge on any atom is -0.297 e. The summed E-state index contributed by atoms with van der Waals surface area (Å²) in [7, 11) is 0. The summed E-state index contributed by atoms with van der Waals surface area (Å²) in [6.07, 6.45) is 12.2. The Balaban J connectivity index is 1.81. The molecule has 2 fully saturated rings. The third-order valence-electron chi connectivity index (χ3n) is 4.42. The van der Waals surface area contributed by atoms with E-state index in [-0.39, 0.29) is 0 Å². The second-order valence-electron chi connectivity index (χ2n) is 5.45. The molecule has 16 heavy (non-hydrogen) atoms. The second-order valence-corrected chi connectivity index (χ2v) is 6.17. The fourth-order valence-electron chi connectivity index (χ4n) is 3.54. The molecule has 0 aromatic heterocycles. The number of rotatable bonds is 4. The molecule has 92 valence electrons. The van der Waals surface area contributed by atoms with E-state index in [0.717, 1.165) is 18.0 Å². The van der Waals surface area contributed by atoms with Crippen LogP contribution in [0.15, 0.2) is 10.2 Å². The summed E-state index contributed by atoms with van der Waals surface area (Å²) in [5.41, 5.74) is 0. The van der Waals surface area contributed by atoms with E-state index in [0.29, 0.717) is 0 Å². The first-order chi connectivity index (χ1) is 7.83. The predicted molar refractivity (Wildman–Crippen MR) is 78.9 cm³/mol. The van der Waals surface area contributed by atoms with Gasteiger partial charge in [0.25, 0.3) is 0 Å². The van der Waals surface area contributed by atoms with E-state index in [1.807, 2.05) is 0 Å². The first kappa shape index (κ1) is 12.9. The standard InChI is InChI=1S/C14H24IN/c1-12-8-9-13(6-3-2-4-10-15)16-11-5-7-14(12)16/h4,10,12-14H,2-3,5-9,11H2,1H3/b10-4-/t12-,13-,14+/m1/s1. The van der Waals surface area contributed by atoms with Crippen LogP contribution in [0.4, 0.5) is 0 Å². The van der Waals surface area contributed by atoms with Crippen LogP contribution in [0.5, 0.6) is 0 Å². The second kappa shape index (κ2) is 6.39. The fraction of sp³-hybridized carbons (Fsp3) is 0.857. The monoisotopic (exact) mass is 333 g/mol. The summed E-state index contributed by atoms with van der Waals surface area (Å²) in [6, 6.07) is 1.84. The van der Waals surface area contributed by atoms with Crippen molar-refractivity contribution in [1.29, 1.82) is 0 Å². The number of unbranched alkanes of at least 4 members (excludes halogenated alkanes) is 1. The maximum atomic E-state index is 2.84. The van der Waals surface area contributed by atoms with Crippen molar-refractivity contribution in [2.45, 2.75) is 64.0 Å². The molecular formula is C14H24IN. The molecule has 1 nitrogen and oxygen atoms in total. The molecular weight excluding hydrogens is 309 g/mol. The van der Waals surface area contributed by atoms with Crippen molar-refractivity contribution in [2.75, 3.05) is 6.54 Å². The first-order valence-corrected chi connectivity index (χ1v) is 8.08. The lowest BCUT2D eigenvalue weighted by Gasteiger charge is -2.41. The van der Waals surface area contributed by atoms with Gasteiger partial charge in [0.1, 0.15) is 0 Å². The van der Waals surface area contributed by atoms with Crippen LogP contribution < -0.4 is 0 Å². The Bertz CT molecular complexity index is 239. The molecule has 2 rings (SSSR count). The highest BCUT2D eigenvalue weighted by Crippen LogP contribution is 2.36. The number of halogens is 1. The molecule has 0 bridgehead atoms. The van der Waals surface area contributed by atoms with Gasteiger partial charge in [-0.3, -0.25) is 4.90 Å². The van der Waals surface area contributed by atoms with E-state index in [2.05, 4.69) is 44.6 Å². The van der Waals surface area contributed by atoms with Gasteiger partial charge in [-0.2, -0.15) is 0 Å². The van der Waals surface area contributed by atoms with Gasteiger partial charge in [-0.1, -0.05) is 35.6 Å². The number of hydrogen-bond acceptors (Lipinski definition) is 1. The highest BCUT2D eigenvalue weighted by molar-refractivity contribution is 14.1. The van der Waals surface area contributed by atoms with E-state index < -0.39 is 0 Å². The molecule has 2 heterocycles. The Morgan fingerprint density at radius 3 is 3.00 bits per heavy atom. The lowest BCUT2D eigenvalue weighted by atomic mass is 9.85. The number of nitrogens with zero attached hydrogens (tertiary/aromatic N) is 1. The number of piperidine rings is 1. The summed E-state index contributed by atoms with van der Waals surface area (Å²) in [5, 5.41) is 0. The van der Waals surface area contributed by atoms with Gasteiger partial charge in [0.2, 0.25) is 0 Å². The van der Waals surface area contributed by atoms with Crippen molar-refractivity contribution in [1.82, 2.24) is 4.90 Å². The lowest BCUT2D eigenvalue weighted by Crippen LogP contribution is -2.46. The molecule has 0 radical (unpaired) electrons. The minimum absolute atomic E-state index is 0.909. The quantitative estimate of drug-likeness (QED) is 0.545. The fourth-order valence-corrected chi connectivity index (χ4v) is 3.90.